The average Bonchev–Trinajstić information content (AvgIpc) is 2.83. The molecule has 4 rings (SSSR count). The zero-order valence-electron chi connectivity index (χ0n) is 16.4. The first-order valence-electron chi connectivity index (χ1n) is 9.67. The summed E-state index contributed by atoms with van der Waals surface area (Å²) in [5, 5.41) is 0.629. The van der Waals surface area contributed by atoms with Crippen LogP contribution in [0.2, 0.25) is 5.02 Å². The number of carbonyl (C=O) groups is 2. The third-order valence-electron chi connectivity index (χ3n) is 5.81. The number of hydrogen-bond acceptors (Lipinski definition) is 3. The number of rotatable bonds is 4. The van der Waals surface area contributed by atoms with Crippen LogP contribution in [0, 0.1) is 5.92 Å². The minimum absolute atomic E-state index is 0.0287. The largest absolute Gasteiger partial charge is 0.342 e. The molecular formula is C22H24ClN3O2. The van der Waals surface area contributed by atoms with Gasteiger partial charge in [0.1, 0.15) is 0 Å². The van der Waals surface area contributed by atoms with Crippen LogP contribution < -0.4 is 4.90 Å². The number of likely N-dealkylation sites (tertiary alicyclic amines) is 1. The van der Waals surface area contributed by atoms with Crippen molar-refractivity contribution >= 4 is 29.1 Å². The van der Waals surface area contributed by atoms with Gasteiger partial charge in [-0.1, -0.05) is 18.5 Å². The van der Waals surface area contributed by atoms with Crippen LogP contribution in [-0.4, -0.2) is 34.8 Å². The fraction of sp³-hybridized carbons (Fsp3) is 0.409. The lowest BCUT2D eigenvalue weighted by Gasteiger charge is -2.39. The fourth-order valence-corrected chi connectivity index (χ4v) is 4.48. The molecule has 0 atom stereocenters. The molecule has 0 unspecified atom stereocenters. The minimum atomic E-state index is -0.502. The van der Waals surface area contributed by atoms with E-state index in [0.717, 1.165) is 36.3 Å². The maximum Gasteiger partial charge on any atom is 0.259 e. The molecule has 1 saturated heterocycles. The molecule has 2 aliphatic rings. The summed E-state index contributed by atoms with van der Waals surface area (Å²) in [5.74, 6) is 0.633. The summed E-state index contributed by atoms with van der Waals surface area (Å²) in [6.45, 7) is 7.55. The van der Waals surface area contributed by atoms with Gasteiger partial charge >= 0.3 is 0 Å². The highest BCUT2D eigenvalue weighted by Crippen LogP contribution is 2.42. The monoisotopic (exact) mass is 397 g/mol. The van der Waals surface area contributed by atoms with E-state index >= 15 is 0 Å². The van der Waals surface area contributed by atoms with Crippen LogP contribution in [0.3, 0.4) is 0 Å². The summed E-state index contributed by atoms with van der Waals surface area (Å²) < 4.78 is 0. The van der Waals surface area contributed by atoms with Crippen LogP contribution >= 0.6 is 11.6 Å². The van der Waals surface area contributed by atoms with E-state index in [1.54, 1.807) is 23.2 Å². The van der Waals surface area contributed by atoms with Crippen molar-refractivity contribution in [3.05, 3.63) is 58.4 Å². The van der Waals surface area contributed by atoms with E-state index in [4.69, 9.17) is 11.6 Å². The van der Waals surface area contributed by atoms with Crippen molar-refractivity contribution in [3.63, 3.8) is 0 Å². The van der Waals surface area contributed by atoms with Gasteiger partial charge in [-0.05, 0) is 61.6 Å². The topological polar surface area (TPSA) is 53.5 Å². The molecule has 2 aliphatic heterocycles. The maximum absolute atomic E-state index is 13.1. The van der Waals surface area contributed by atoms with E-state index in [1.807, 2.05) is 44.0 Å². The van der Waals surface area contributed by atoms with E-state index in [-0.39, 0.29) is 11.8 Å². The second kappa shape index (κ2) is 6.89. The molecular weight excluding hydrogens is 374 g/mol. The Balaban J connectivity index is 1.55. The summed E-state index contributed by atoms with van der Waals surface area (Å²) in [7, 11) is 0. The van der Waals surface area contributed by atoms with Crippen molar-refractivity contribution in [1.82, 2.24) is 9.88 Å². The van der Waals surface area contributed by atoms with Crippen molar-refractivity contribution in [2.45, 2.75) is 39.2 Å². The number of hydrogen-bond donors (Lipinski definition) is 0. The minimum Gasteiger partial charge on any atom is -0.342 e. The summed E-state index contributed by atoms with van der Waals surface area (Å²) in [4.78, 5) is 32.9. The summed E-state index contributed by atoms with van der Waals surface area (Å²) in [5.41, 5.74) is 3.00. The number of benzene rings is 1. The molecule has 5 nitrogen and oxygen atoms in total. The van der Waals surface area contributed by atoms with Crippen molar-refractivity contribution in [1.29, 1.82) is 0 Å². The van der Waals surface area contributed by atoms with E-state index in [1.165, 1.54) is 0 Å². The average molecular weight is 398 g/mol. The van der Waals surface area contributed by atoms with Gasteiger partial charge < -0.3 is 4.90 Å². The first kappa shape index (κ1) is 18.9. The highest BCUT2D eigenvalue weighted by atomic mass is 35.5. The molecule has 28 heavy (non-hydrogen) atoms. The zero-order chi connectivity index (χ0) is 20.1. The third-order valence-corrected chi connectivity index (χ3v) is 6.04. The summed E-state index contributed by atoms with van der Waals surface area (Å²) in [6, 6.07) is 7.48. The predicted octanol–water partition coefficient (Wildman–Crippen LogP) is 4.04. The quantitative estimate of drug-likeness (QED) is 0.782. The smallest absolute Gasteiger partial charge is 0.259 e. The van der Waals surface area contributed by atoms with Crippen LogP contribution in [0.4, 0.5) is 5.69 Å². The van der Waals surface area contributed by atoms with E-state index in [0.29, 0.717) is 22.9 Å². The second-order valence-corrected chi connectivity index (χ2v) is 8.60. The molecule has 2 amide bonds. The molecule has 6 heteroatoms. The van der Waals surface area contributed by atoms with Gasteiger partial charge in [0.15, 0.2) is 0 Å². The molecule has 0 saturated carbocycles. The van der Waals surface area contributed by atoms with Crippen molar-refractivity contribution in [3.8, 4) is 0 Å². The highest BCUT2D eigenvalue weighted by Gasteiger charge is 2.44. The normalized spacial score (nSPS) is 18.2. The lowest BCUT2D eigenvalue weighted by atomic mass is 9.92. The lowest BCUT2D eigenvalue weighted by Crippen LogP contribution is -2.50. The second-order valence-electron chi connectivity index (χ2n) is 8.16. The van der Waals surface area contributed by atoms with Gasteiger partial charge in [-0.15, -0.1) is 0 Å². The van der Waals surface area contributed by atoms with Gasteiger partial charge in [0.25, 0.3) is 5.91 Å². The van der Waals surface area contributed by atoms with Crippen molar-refractivity contribution in [2.24, 2.45) is 5.92 Å². The molecule has 0 aliphatic carbocycles. The van der Waals surface area contributed by atoms with E-state index < -0.39 is 5.54 Å². The molecule has 0 bridgehead atoms. The Morgan fingerprint density at radius 1 is 1.25 bits per heavy atom. The Bertz CT molecular complexity index is 951. The molecule has 3 heterocycles. The SMILES string of the molecule is CCC(=O)N1CC(Cc2cncc(N3C(=O)c4ccc(Cl)cc4C3(C)C)c2)C1. The van der Waals surface area contributed by atoms with E-state index in [9.17, 15) is 9.59 Å². The lowest BCUT2D eigenvalue weighted by molar-refractivity contribution is -0.137. The van der Waals surface area contributed by atoms with Gasteiger partial charge in [0.05, 0.1) is 17.4 Å². The molecule has 2 aromatic rings. The number of pyridine rings is 1. The first-order chi connectivity index (χ1) is 13.3. The molecule has 1 aromatic carbocycles. The predicted molar refractivity (Wildman–Crippen MR) is 110 cm³/mol. The van der Waals surface area contributed by atoms with Gasteiger partial charge in [-0.2, -0.15) is 0 Å². The summed E-state index contributed by atoms with van der Waals surface area (Å²) in [6.07, 6.45) is 5.01. The molecule has 0 N–H and O–H groups in total. The number of aromatic nitrogens is 1. The maximum atomic E-state index is 13.1. The first-order valence-corrected chi connectivity index (χ1v) is 10.1. The Labute approximate surface area is 170 Å². The zero-order valence-corrected chi connectivity index (χ0v) is 17.2. The molecule has 146 valence electrons. The Morgan fingerprint density at radius 3 is 2.71 bits per heavy atom. The fourth-order valence-electron chi connectivity index (χ4n) is 4.31. The van der Waals surface area contributed by atoms with Gasteiger partial charge in [-0.3, -0.25) is 19.5 Å². The molecule has 1 fully saturated rings. The van der Waals surface area contributed by atoms with Crippen LogP contribution in [0.1, 0.15) is 48.7 Å². The molecule has 0 spiro atoms. The van der Waals surface area contributed by atoms with E-state index in [2.05, 4.69) is 4.98 Å². The third kappa shape index (κ3) is 3.08. The number of nitrogens with zero attached hydrogens (tertiary/aromatic N) is 3. The van der Waals surface area contributed by atoms with Crippen molar-refractivity contribution < 1.29 is 9.59 Å². The number of anilines is 1. The highest BCUT2D eigenvalue weighted by molar-refractivity contribution is 6.31. The van der Waals surface area contributed by atoms with Gasteiger partial charge in [0, 0.05) is 36.3 Å². The van der Waals surface area contributed by atoms with Crippen LogP contribution in [0.15, 0.2) is 36.7 Å². The Kier molecular flexibility index (Phi) is 4.66. The van der Waals surface area contributed by atoms with Crippen molar-refractivity contribution in [2.75, 3.05) is 18.0 Å². The summed E-state index contributed by atoms with van der Waals surface area (Å²) >= 11 is 6.17. The molecule has 0 radical (unpaired) electrons. The van der Waals surface area contributed by atoms with Crippen LogP contribution in [0.5, 0.6) is 0 Å². The molecule has 1 aromatic heterocycles. The number of fused-ring (bicyclic) bond motifs is 1. The number of amides is 2. The van der Waals surface area contributed by atoms with Gasteiger partial charge in [-0.25, -0.2) is 0 Å². The standard InChI is InChI=1S/C22H24ClN3O2/c1-4-20(27)25-12-15(13-25)7-14-8-17(11-24-10-14)26-21(28)18-6-5-16(23)9-19(18)22(26,2)3/h5-6,8-11,15H,4,7,12-13H2,1-3H3. The Morgan fingerprint density at radius 2 is 2.00 bits per heavy atom. The van der Waals surface area contributed by atoms with Crippen LogP contribution in [0.25, 0.3) is 0 Å². The van der Waals surface area contributed by atoms with Gasteiger partial charge in [0.2, 0.25) is 5.91 Å². The van der Waals surface area contributed by atoms with Crippen LogP contribution in [-0.2, 0) is 16.8 Å². The number of carbonyl (C=O) groups excluding carboxylic acids is 2. The Hall–Kier alpha value is -2.40. The number of halogens is 1.